The highest BCUT2D eigenvalue weighted by atomic mass is 32.2. The largest absolute Gasteiger partial charge is 0.378 e. The zero-order valence-electron chi connectivity index (χ0n) is 15.1. The summed E-state index contributed by atoms with van der Waals surface area (Å²) in [6, 6.07) is 5.16. The molecule has 8 heteroatoms. The van der Waals surface area contributed by atoms with Crippen molar-refractivity contribution in [3.8, 4) is 0 Å². The van der Waals surface area contributed by atoms with E-state index in [0.29, 0.717) is 50.6 Å². The second-order valence-electron chi connectivity index (χ2n) is 5.92. The van der Waals surface area contributed by atoms with Crippen LogP contribution in [0.2, 0.25) is 0 Å². The lowest BCUT2D eigenvalue weighted by atomic mass is 10.2. The number of carbonyl (C=O) groups is 1. The molecule has 0 aliphatic carbocycles. The lowest BCUT2D eigenvalue weighted by Gasteiger charge is -2.27. The van der Waals surface area contributed by atoms with Gasteiger partial charge in [-0.3, -0.25) is 4.79 Å². The molecule has 25 heavy (non-hydrogen) atoms. The highest BCUT2D eigenvalue weighted by Gasteiger charge is 2.24. The first kappa shape index (κ1) is 19.7. The van der Waals surface area contributed by atoms with Crippen LogP contribution in [-0.4, -0.2) is 69.5 Å². The van der Waals surface area contributed by atoms with Gasteiger partial charge in [0, 0.05) is 31.9 Å². The van der Waals surface area contributed by atoms with Gasteiger partial charge in [0.05, 0.1) is 24.7 Å². The predicted octanol–water partition coefficient (Wildman–Crippen LogP) is 1.30. The molecule has 1 heterocycles. The molecule has 0 saturated carbocycles. The first-order valence-electron chi connectivity index (χ1n) is 8.60. The predicted molar refractivity (Wildman–Crippen MR) is 97.2 cm³/mol. The van der Waals surface area contributed by atoms with Crippen LogP contribution in [-0.2, 0) is 19.6 Å². The standard InChI is InChI=1S/C17H27N3O4S/c1-4-20(5-2)25(22,23)16-12-15(7-6-14(16)3)18-13-17(21)19-8-10-24-11-9-19/h6-7,12,18H,4-5,8-11,13H2,1-3H3. The van der Waals surface area contributed by atoms with Gasteiger partial charge in [-0.15, -0.1) is 0 Å². The van der Waals surface area contributed by atoms with Crippen molar-refractivity contribution in [2.75, 3.05) is 51.3 Å². The molecule has 1 saturated heterocycles. The zero-order valence-corrected chi connectivity index (χ0v) is 15.9. The Hall–Kier alpha value is -1.64. The molecule has 0 spiro atoms. The lowest BCUT2D eigenvalue weighted by molar-refractivity contribution is -0.133. The number of nitrogens with zero attached hydrogens (tertiary/aromatic N) is 2. The summed E-state index contributed by atoms with van der Waals surface area (Å²) in [6.45, 7) is 8.69. The monoisotopic (exact) mass is 369 g/mol. The minimum atomic E-state index is -3.53. The SMILES string of the molecule is CCN(CC)S(=O)(=O)c1cc(NCC(=O)N2CCOCC2)ccc1C. The molecule has 1 aliphatic rings. The fourth-order valence-corrected chi connectivity index (χ4v) is 4.50. The highest BCUT2D eigenvalue weighted by Crippen LogP contribution is 2.23. The van der Waals surface area contributed by atoms with Crippen LogP contribution in [0.1, 0.15) is 19.4 Å². The number of hydrogen-bond donors (Lipinski definition) is 1. The molecule has 1 fully saturated rings. The highest BCUT2D eigenvalue weighted by molar-refractivity contribution is 7.89. The van der Waals surface area contributed by atoms with Crippen LogP contribution in [0.25, 0.3) is 0 Å². The summed E-state index contributed by atoms with van der Waals surface area (Å²) < 4.78 is 32.2. The van der Waals surface area contributed by atoms with Crippen LogP contribution in [0.3, 0.4) is 0 Å². The van der Waals surface area contributed by atoms with Crippen molar-refractivity contribution < 1.29 is 17.9 Å². The zero-order chi connectivity index (χ0) is 18.4. The summed E-state index contributed by atoms with van der Waals surface area (Å²) in [7, 11) is -3.53. The molecule has 1 aromatic carbocycles. The summed E-state index contributed by atoms with van der Waals surface area (Å²) in [6.07, 6.45) is 0. The van der Waals surface area contributed by atoms with Gasteiger partial charge in [-0.1, -0.05) is 19.9 Å². The quantitative estimate of drug-likeness (QED) is 0.784. The molecule has 0 aromatic heterocycles. The minimum Gasteiger partial charge on any atom is -0.378 e. The molecule has 140 valence electrons. The average Bonchev–Trinajstić information content (AvgIpc) is 2.62. The Morgan fingerprint density at radius 3 is 2.48 bits per heavy atom. The van der Waals surface area contributed by atoms with Gasteiger partial charge in [0.15, 0.2) is 0 Å². The molecule has 0 radical (unpaired) electrons. The van der Waals surface area contributed by atoms with Crippen molar-refractivity contribution in [1.82, 2.24) is 9.21 Å². The molecule has 0 bridgehead atoms. The number of ether oxygens (including phenoxy) is 1. The average molecular weight is 369 g/mol. The van der Waals surface area contributed by atoms with Crippen molar-refractivity contribution in [2.24, 2.45) is 0 Å². The van der Waals surface area contributed by atoms with Crippen molar-refractivity contribution in [1.29, 1.82) is 0 Å². The van der Waals surface area contributed by atoms with Gasteiger partial charge in [0.2, 0.25) is 15.9 Å². The molecule has 1 N–H and O–H groups in total. The number of anilines is 1. The number of amides is 1. The third kappa shape index (κ3) is 4.71. The second-order valence-corrected chi connectivity index (χ2v) is 7.82. The Bertz CT molecular complexity index is 696. The fourth-order valence-electron chi connectivity index (χ4n) is 2.79. The molecular weight excluding hydrogens is 342 g/mol. The summed E-state index contributed by atoms with van der Waals surface area (Å²) in [5.74, 6) is -0.0166. The number of hydrogen-bond acceptors (Lipinski definition) is 5. The van der Waals surface area contributed by atoms with Gasteiger partial charge in [-0.25, -0.2) is 8.42 Å². The summed E-state index contributed by atoms with van der Waals surface area (Å²) in [4.78, 5) is 14.2. The third-order valence-corrected chi connectivity index (χ3v) is 6.51. The van der Waals surface area contributed by atoms with Gasteiger partial charge in [-0.05, 0) is 24.6 Å². The molecule has 1 aliphatic heterocycles. The molecule has 2 rings (SSSR count). The van der Waals surface area contributed by atoms with E-state index in [1.807, 2.05) is 13.8 Å². The third-order valence-electron chi connectivity index (χ3n) is 4.32. The fraction of sp³-hybridized carbons (Fsp3) is 0.588. The number of carbonyl (C=O) groups excluding carboxylic acids is 1. The Labute approximate surface area is 150 Å². The summed E-state index contributed by atoms with van der Waals surface area (Å²) in [5, 5.41) is 3.04. The Balaban J connectivity index is 2.11. The van der Waals surface area contributed by atoms with E-state index in [1.54, 1.807) is 30.0 Å². The normalized spacial score (nSPS) is 15.4. The number of nitrogens with one attached hydrogen (secondary N) is 1. The van der Waals surface area contributed by atoms with E-state index < -0.39 is 10.0 Å². The van der Waals surface area contributed by atoms with E-state index in [2.05, 4.69) is 5.32 Å². The maximum absolute atomic E-state index is 12.8. The number of aryl methyl sites for hydroxylation is 1. The Morgan fingerprint density at radius 2 is 1.88 bits per heavy atom. The first-order valence-corrected chi connectivity index (χ1v) is 10.0. The van der Waals surface area contributed by atoms with Gasteiger partial charge in [0.1, 0.15) is 0 Å². The van der Waals surface area contributed by atoms with E-state index >= 15 is 0 Å². The summed E-state index contributed by atoms with van der Waals surface area (Å²) in [5.41, 5.74) is 1.31. The smallest absolute Gasteiger partial charge is 0.243 e. The van der Waals surface area contributed by atoms with Crippen molar-refractivity contribution in [3.63, 3.8) is 0 Å². The van der Waals surface area contributed by atoms with Crippen molar-refractivity contribution in [3.05, 3.63) is 23.8 Å². The van der Waals surface area contributed by atoms with Crippen LogP contribution in [0, 0.1) is 6.92 Å². The number of rotatable bonds is 7. The van der Waals surface area contributed by atoms with Crippen LogP contribution in [0.4, 0.5) is 5.69 Å². The van der Waals surface area contributed by atoms with Crippen molar-refractivity contribution in [2.45, 2.75) is 25.7 Å². The van der Waals surface area contributed by atoms with Gasteiger partial charge >= 0.3 is 0 Å². The van der Waals surface area contributed by atoms with E-state index in [1.165, 1.54) is 4.31 Å². The first-order chi connectivity index (χ1) is 11.9. The maximum atomic E-state index is 12.8. The van der Waals surface area contributed by atoms with E-state index in [-0.39, 0.29) is 17.3 Å². The number of morpholine rings is 1. The molecule has 0 unspecified atom stereocenters. The lowest BCUT2D eigenvalue weighted by Crippen LogP contribution is -2.43. The number of sulfonamides is 1. The van der Waals surface area contributed by atoms with Crippen LogP contribution < -0.4 is 5.32 Å². The topological polar surface area (TPSA) is 79.0 Å². The maximum Gasteiger partial charge on any atom is 0.243 e. The van der Waals surface area contributed by atoms with Gasteiger partial charge in [-0.2, -0.15) is 4.31 Å². The molecule has 0 atom stereocenters. The van der Waals surface area contributed by atoms with Crippen LogP contribution in [0.15, 0.2) is 23.1 Å². The Morgan fingerprint density at radius 1 is 1.24 bits per heavy atom. The molecule has 1 aromatic rings. The molecular formula is C17H27N3O4S. The van der Waals surface area contributed by atoms with E-state index in [4.69, 9.17) is 4.74 Å². The second kappa shape index (κ2) is 8.64. The summed E-state index contributed by atoms with van der Waals surface area (Å²) >= 11 is 0. The molecule has 1 amide bonds. The van der Waals surface area contributed by atoms with Crippen molar-refractivity contribution >= 4 is 21.6 Å². The molecule has 7 nitrogen and oxygen atoms in total. The van der Waals surface area contributed by atoms with Gasteiger partial charge in [0.25, 0.3) is 0 Å². The minimum absolute atomic E-state index is 0.0166. The number of benzene rings is 1. The van der Waals surface area contributed by atoms with E-state index in [9.17, 15) is 13.2 Å². The van der Waals surface area contributed by atoms with Crippen LogP contribution in [0.5, 0.6) is 0 Å². The van der Waals surface area contributed by atoms with Crippen LogP contribution >= 0.6 is 0 Å². The van der Waals surface area contributed by atoms with Gasteiger partial charge < -0.3 is 15.0 Å². The Kier molecular flexibility index (Phi) is 6.80. The van der Waals surface area contributed by atoms with E-state index in [0.717, 1.165) is 0 Å².